The zero-order chi connectivity index (χ0) is 15.2. The van der Waals surface area contributed by atoms with Crippen LogP contribution in [-0.4, -0.2) is 43.0 Å². The fraction of sp³-hybridized carbons (Fsp3) is 0.467. The van der Waals surface area contributed by atoms with Crippen LogP contribution < -0.4 is 5.32 Å². The predicted octanol–water partition coefficient (Wildman–Crippen LogP) is 1.79. The maximum atomic E-state index is 13.1. The van der Waals surface area contributed by atoms with Gasteiger partial charge in [-0.15, -0.1) is 0 Å². The molecule has 1 N–H and O–H groups in total. The summed E-state index contributed by atoms with van der Waals surface area (Å²) in [4.78, 5) is 25.5. The number of amides is 1. The summed E-state index contributed by atoms with van der Waals surface area (Å²) in [5, 5.41) is 2.63. The van der Waals surface area contributed by atoms with Crippen LogP contribution in [0.5, 0.6) is 0 Å². The largest absolute Gasteiger partial charge is 0.468 e. The summed E-state index contributed by atoms with van der Waals surface area (Å²) in [5.41, 5.74) is 0.409. The van der Waals surface area contributed by atoms with Crippen molar-refractivity contribution < 1.29 is 18.7 Å². The van der Waals surface area contributed by atoms with E-state index in [2.05, 4.69) is 5.32 Å². The number of halogens is 1. The predicted molar refractivity (Wildman–Crippen MR) is 76.3 cm³/mol. The summed E-state index contributed by atoms with van der Waals surface area (Å²) >= 11 is 0. The van der Waals surface area contributed by atoms with Gasteiger partial charge in [0, 0.05) is 5.69 Å². The molecule has 1 fully saturated rings. The van der Waals surface area contributed by atoms with E-state index in [1.165, 1.54) is 25.3 Å². The van der Waals surface area contributed by atoms with Gasteiger partial charge in [0.1, 0.15) is 11.9 Å². The first kappa shape index (κ1) is 15.4. The van der Waals surface area contributed by atoms with Gasteiger partial charge in [-0.1, -0.05) is 12.5 Å². The van der Waals surface area contributed by atoms with Gasteiger partial charge in [0.25, 0.3) is 0 Å². The van der Waals surface area contributed by atoms with E-state index in [9.17, 15) is 14.0 Å². The molecule has 0 bridgehead atoms. The molecule has 1 aromatic carbocycles. The van der Waals surface area contributed by atoms with Gasteiger partial charge >= 0.3 is 5.97 Å². The normalized spacial score (nSPS) is 19.0. The third-order valence-corrected chi connectivity index (χ3v) is 3.54. The van der Waals surface area contributed by atoms with Crippen molar-refractivity contribution in [3.05, 3.63) is 30.1 Å². The quantitative estimate of drug-likeness (QED) is 0.860. The zero-order valence-corrected chi connectivity index (χ0v) is 12.0. The fourth-order valence-corrected chi connectivity index (χ4v) is 2.53. The monoisotopic (exact) mass is 294 g/mol. The van der Waals surface area contributed by atoms with Crippen molar-refractivity contribution >= 4 is 17.6 Å². The number of nitrogens with zero attached hydrogens (tertiary/aromatic N) is 1. The summed E-state index contributed by atoms with van der Waals surface area (Å²) in [6.45, 7) is 0.770. The highest BCUT2D eigenvalue weighted by molar-refractivity contribution is 5.92. The maximum Gasteiger partial charge on any atom is 0.323 e. The number of nitrogens with one attached hydrogen (secondary N) is 1. The Hall–Kier alpha value is -1.95. The fourth-order valence-electron chi connectivity index (χ4n) is 2.53. The van der Waals surface area contributed by atoms with Crippen LogP contribution in [0.3, 0.4) is 0 Å². The van der Waals surface area contributed by atoms with Crippen LogP contribution in [0.2, 0.25) is 0 Å². The van der Waals surface area contributed by atoms with E-state index >= 15 is 0 Å². The van der Waals surface area contributed by atoms with E-state index < -0.39 is 5.82 Å². The first-order valence-corrected chi connectivity index (χ1v) is 6.97. The standard InChI is InChI=1S/C15H19FN2O3/c1-21-15(20)13-7-2-3-8-18(13)10-14(19)17-12-6-4-5-11(16)9-12/h4-6,9,13H,2-3,7-8,10H2,1H3,(H,17,19)/t13-/m1/s1. The average molecular weight is 294 g/mol. The molecule has 0 spiro atoms. The van der Waals surface area contributed by atoms with Crippen LogP contribution in [0.1, 0.15) is 19.3 Å². The van der Waals surface area contributed by atoms with Gasteiger partial charge in [0.05, 0.1) is 13.7 Å². The summed E-state index contributed by atoms with van der Waals surface area (Å²) in [6, 6.07) is 5.35. The number of methoxy groups -OCH3 is 1. The molecule has 114 valence electrons. The molecule has 1 saturated heterocycles. The molecule has 1 atom stereocenters. The van der Waals surface area contributed by atoms with Crippen molar-refractivity contribution in [2.24, 2.45) is 0 Å². The molecule has 1 heterocycles. The molecule has 0 unspecified atom stereocenters. The van der Waals surface area contributed by atoms with E-state index in [0.29, 0.717) is 18.7 Å². The number of piperidine rings is 1. The second-order valence-corrected chi connectivity index (χ2v) is 5.06. The first-order valence-electron chi connectivity index (χ1n) is 6.97. The highest BCUT2D eigenvalue weighted by Crippen LogP contribution is 2.18. The molecule has 1 amide bonds. The van der Waals surface area contributed by atoms with Crippen LogP contribution in [0.4, 0.5) is 10.1 Å². The highest BCUT2D eigenvalue weighted by atomic mass is 19.1. The Labute approximate surface area is 123 Å². The molecule has 1 aliphatic heterocycles. The minimum atomic E-state index is -0.404. The van der Waals surface area contributed by atoms with Gasteiger partial charge in [-0.25, -0.2) is 4.39 Å². The van der Waals surface area contributed by atoms with Gasteiger partial charge in [0.2, 0.25) is 5.91 Å². The summed E-state index contributed by atoms with van der Waals surface area (Å²) < 4.78 is 17.8. The second-order valence-electron chi connectivity index (χ2n) is 5.06. The van der Waals surface area contributed by atoms with Crippen LogP contribution in [0, 0.1) is 5.82 Å². The number of anilines is 1. The van der Waals surface area contributed by atoms with E-state index in [1.54, 1.807) is 6.07 Å². The number of carbonyl (C=O) groups is 2. The van der Waals surface area contributed by atoms with Crippen LogP contribution in [0.25, 0.3) is 0 Å². The lowest BCUT2D eigenvalue weighted by molar-refractivity contribution is -0.148. The van der Waals surface area contributed by atoms with Crippen molar-refractivity contribution in [3.63, 3.8) is 0 Å². The number of hydrogen-bond acceptors (Lipinski definition) is 4. The minimum absolute atomic E-state index is 0.0935. The van der Waals surface area contributed by atoms with E-state index in [4.69, 9.17) is 4.74 Å². The van der Waals surface area contributed by atoms with E-state index in [-0.39, 0.29) is 24.5 Å². The molecular formula is C15H19FN2O3. The lowest BCUT2D eigenvalue weighted by Gasteiger charge is -2.32. The van der Waals surface area contributed by atoms with Crippen LogP contribution in [-0.2, 0) is 14.3 Å². The van der Waals surface area contributed by atoms with Crippen molar-refractivity contribution in [1.82, 2.24) is 4.90 Å². The van der Waals surface area contributed by atoms with Gasteiger partial charge < -0.3 is 10.1 Å². The zero-order valence-electron chi connectivity index (χ0n) is 12.0. The molecule has 1 aromatic rings. The second kappa shape index (κ2) is 7.17. The molecule has 2 rings (SSSR count). The Bertz CT molecular complexity index is 521. The van der Waals surface area contributed by atoms with Crippen LogP contribution in [0.15, 0.2) is 24.3 Å². The van der Waals surface area contributed by atoms with Crippen molar-refractivity contribution in [2.45, 2.75) is 25.3 Å². The number of hydrogen-bond donors (Lipinski definition) is 1. The minimum Gasteiger partial charge on any atom is -0.468 e. The Morgan fingerprint density at radius 1 is 1.43 bits per heavy atom. The molecule has 0 aromatic heterocycles. The van der Waals surface area contributed by atoms with E-state index in [1.807, 2.05) is 4.90 Å². The summed E-state index contributed by atoms with van der Waals surface area (Å²) in [6.07, 6.45) is 2.59. The SMILES string of the molecule is COC(=O)[C@H]1CCCCN1CC(=O)Nc1cccc(F)c1. The molecule has 6 heteroatoms. The Morgan fingerprint density at radius 3 is 2.95 bits per heavy atom. The molecule has 5 nitrogen and oxygen atoms in total. The van der Waals surface area contributed by atoms with Gasteiger partial charge in [0.15, 0.2) is 0 Å². The van der Waals surface area contributed by atoms with Gasteiger partial charge in [-0.05, 0) is 37.6 Å². The molecule has 21 heavy (non-hydrogen) atoms. The number of ether oxygens (including phenoxy) is 1. The topological polar surface area (TPSA) is 58.6 Å². The smallest absolute Gasteiger partial charge is 0.323 e. The third-order valence-electron chi connectivity index (χ3n) is 3.54. The number of rotatable bonds is 4. The Kier molecular flexibility index (Phi) is 5.27. The van der Waals surface area contributed by atoms with Crippen molar-refractivity contribution in [1.29, 1.82) is 0 Å². The average Bonchev–Trinajstić information content (AvgIpc) is 2.47. The number of likely N-dealkylation sites (tertiary alicyclic amines) is 1. The first-order chi connectivity index (χ1) is 10.1. The summed E-state index contributed by atoms with van der Waals surface area (Å²) in [7, 11) is 1.35. The van der Waals surface area contributed by atoms with Gasteiger partial charge in [-0.3, -0.25) is 14.5 Å². The van der Waals surface area contributed by atoms with Crippen molar-refractivity contribution in [3.8, 4) is 0 Å². The maximum absolute atomic E-state index is 13.1. The molecular weight excluding hydrogens is 275 g/mol. The Balaban J connectivity index is 1.95. The highest BCUT2D eigenvalue weighted by Gasteiger charge is 2.30. The number of carbonyl (C=O) groups excluding carboxylic acids is 2. The van der Waals surface area contributed by atoms with E-state index in [0.717, 1.165) is 12.8 Å². The lowest BCUT2D eigenvalue weighted by atomic mass is 10.0. The molecule has 0 saturated carbocycles. The molecule has 0 radical (unpaired) electrons. The molecule has 0 aliphatic carbocycles. The van der Waals surface area contributed by atoms with Crippen molar-refractivity contribution in [2.75, 3.05) is 25.5 Å². The lowest BCUT2D eigenvalue weighted by Crippen LogP contribution is -2.48. The number of benzene rings is 1. The third kappa shape index (κ3) is 4.26. The summed E-state index contributed by atoms with van der Waals surface area (Å²) in [5.74, 6) is -0.983. The number of esters is 1. The van der Waals surface area contributed by atoms with Crippen LogP contribution >= 0.6 is 0 Å². The van der Waals surface area contributed by atoms with Gasteiger partial charge in [-0.2, -0.15) is 0 Å². The Morgan fingerprint density at radius 2 is 2.24 bits per heavy atom. The molecule has 1 aliphatic rings.